The predicted octanol–water partition coefficient (Wildman–Crippen LogP) is 4.02. The normalized spacial score (nSPS) is 12.4. The molecule has 0 bridgehead atoms. The van der Waals surface area contributed by atoms with Gasteiger partial charge in [0.2, 0.25) is 5.95 Å². The summed E-state index contributed by atoms with van der Waals surface area (Å²) in [4.78, 5) is 90.3. The molecular formula is C39H36N7O11P. The van der Waals surface area contributed by atoms with Crippen molar-refractivity contribution in [3.63, 3.8) is 0 Å². The van der Waals surface area contributed by atoms with Gasteiger partial charge in [-0.2, -0.15) is 4.98 Å². The van der Waals surface area contributed by atoms with E-state index in [4.69, 9.17) is 21.2 Å². The molecule has 0 radical (unpaired) electrons. The first-order chi connectivity index (χ1) is 27.8. The molecular weight excluding hydrogens is 773 g/mol. The second-order valence-electron chi connectivity index (χ2n) is 12.4. The number of Topliss-reactive ketones (excluding diaryl/α,β-unsaturated/α-hetero) is 2. The molecule has 0 aliphatic rings. The van der Waals surface area contributed by atoms with Crippen molar-refractivity contribution in [1.29, 1.82) is 0 Å². The molecule has 5 rings (SSSR count). The van der Waals surface area contributed by atoms with Gasteiger partial charge in [-0.3, -0.25) is 38.0 Å². The minimum atomic E-state index is -3.92. The smallest absolute Gasteiger partial charge is 0.480 e. The average Bonchev–Trinajstić information content (AvgIpc) is 3.19. The highest BCUT2D eigenvalue weighted by Crippen LogP contribution is 2.49. The summed E-state index contributed by atoms with van der Waals surface area (Å²) >= 11 is 0. The van der Waals surface area contributed by atoms with Gasteiger partial charge in [-0.15, -0.1) is 0 Å². The highest BCUT2D eigenvalue weighted by Gasteiger charge is 2.27. The SMILES string of the molecule is C#COP(=O)(OCC)OCc1ccc(CC(=O)c2ccccc2CC(=O)CC[C@H](NC(=O)c2ccc(NC(=O)c3cnc4nc(N)[nH]c(=O)c4n3)cc2)C(=O)O)cc1. The van der Waals surface area contributed by atoms with Crippen LogP contribution in [0.25, 0.3) is 11.2 Å². The maximum atomic E-state index is 13.3. The quantitative estimate of drug-likeness (QED) is 0.0448. The van der Waals surface area contributed by atoms with E-state index < -0.39 is 37.2 Å². The fourth-order valence-corrected chi connectivity index (χ4v) is 6.43. The number of ketones is 2. The number of carboxylic acids is 1. The number of aliphatic carboxylic acids is 1. The Morgan fingerprint density at radius 3 is 2.34 bits per heavy atom. The molecule has 0 saturated carbocycles. The molecule has 2 atom stereocenters. The number of aromatic amines is 1. The zero-order valence-corrected chi connectivity index (χ0v) is 31.7. The van der Waals surface area contributed by atoms with Crippen molar-refractivity contribution >= 4 is 60.0 Å². The Balaban J connectivity index is 1.12. The number of nitrogen functional groups attached to an aromatic ring is 1. The first-order valence-corrected chi connectivity index (χ1v) is 18.9. The summed E-state index contributed by atoms with van der Waals surface area (Å²) in [6, 6.07) is 17.5. The van der Waals surface area contributed by atoms with Gasteiger partial charge in [0.15, 0.2) is 16.9 Å². The van der Waals surface area contributed by atoms with Gasteiger partial charge in [-0.05, 0) is 54.3 Å². The van der Waals surface area contributed by atoms with Crippen molar-refractivity contribution in [2.24, 2.45) is 0 Å². The van der Waals surface area contributed by atoms with Crippen molar-refractivity contribution in [1.82, 2.24) is 25.3 Å². The van der Waals surface area contributed by atoms with Crippen LogP contribution in [0.4, 0.5) is 11.6 Å². The van der Waals surface area contributed by atoms with Crippen LogP contribution in [0.5, 0.6) is 0 Å². The molecule has 0 saturated heterocycles. The maximum Gasteiger partial charge on any atom is 0.538 e. The second-order valence-corrected chi connectivity index (χ2v) is 14.0. The topological polar surface area (TPSA) is 272 Å². The number of rotatable bonds is 19. The summed E-state index contributed by atoms with van der Waals surface area (Å²) in [6.45, 7) is 1.55. The summed E-state index contributed by atoms with van der Waals surface area (Å²) in [6.07, 6.45) is 7.44. The van der Waals surface area contributed by atoms with Gasteiger partial charge in [0.1, 0.15) is 23.6 Å². The first kappa shape index (κ1) is 42.1. The summed E-state index contributed by atoms with van der Waals surface area (Å²) in [5, 5.41) is 14.8. The zero-order chi connectivity index (χ0) is 41.8. The maximum absolute atomic E-state index is 13.3. The molecule has 2 heterocycles. The molecule has 58 heavy (non-hydrogen) atoms. The Bertz CT molecular complexity index is 2500. The van der Waals surface area contributed by atoms with Gasteiger partial charge in [0, 0.05) is 36.1 Å². The molecule has 18 nitrogen and oxygen atoms in total. The number of hydrogen-bond donors (Lipinski definition) is 5. The van der Waals surface area contributed by atoms with Crippen LogP contribution in [0.2, 0.25) is 0 Å². The highest BCUT2D eigenvalue weighted by atomic mass is 31.2. The van der Waals surface area contributed by atoms with Crippen molar-refractivity contribution < 1.29 is 47.2 Å². The number of amides is 2. The number of carbonyl (C=O) groups excluding carboxylic acids is 4. The summed E-state index contributed by atoms with van der Waals surface area (Å²) in [5.41, 5.74) is 6.85. The van der Waals surface area contributed by atoms with E-state index in [1.54, 1.807) is 61.6 Å². The van der Waals surface area contributed by atoms with Crippen LogP contribution in [-0.2, 0) is 47.2 Å². The number of nitrogens with zero attached hydrogens (tertiary/aromatic N) is 3. The van der Waals surface area contributed by atoms with Crippen LogP contribution in [0.1, 0.15) is 67.7 Å². The van der Waals surface area contributed by atoms with Crippen LogP contribution in [0.3, 0.4) is 0 Å². The van der Waals surface area contributed by atoms with E-state index in [0.29, 0.717) is 22.3 Å². The van der Waals surface area contributed by atoms with Crippen molar-refractivity contribution in [3.05, 3.63) is 123 Å². The lowest BCUT2D eigenvalue weighted by atomic mass is 9.94. The van der Waals surface area contributed by atoms with Gasteiger partial charge in [0.05, 0.1) is 19.4 Å². The highest BCUT2D eigenvalue weighted by molar-refractivity contribution is 7.48. The molecule has 2 aromatic heterocycles. The van der Waals surface area contributed by atoms with Crippen LogP contribution in [-0.4, -0.2) is 67.0 Å². The summed E-state index contributed by atoms with van der Waals surface area (Å²) in [5.74, 6) is -3.54. The first-order valence-electron chi connectivity index (χ1n) is 17.5. The lowest BCUT2D eigenvalue weighted by Crippen LogP contribution is -2.41. The number of phosphoric acid groups is 1. The Hall–Kier alpha value is -7.06. The molecule has 0 aliphatic carbocycles. The van der Waals surface area contributed by atoms with E-state index in [1.807, 2.05) is 0 Å². The summed E-state index contributed by atoms with van der Waals surface area (Å²) in [7, 11) is -3.92. The van der Waals surface area contributed by atoms with E-state index >= 15 is 0 Å². The van der Waals surface area contributed by atoms with E-state index in [9.17, 15) is 38.4 Å². The lowest BCUT2D eigenvalue weighted by molar-refractivity contribution is -0.139. The number of anilines is 2. The van der Waals surface area contributed by atoms with E-state index in [0.717, 1.165) is 6.20 Å². The van der Waals surface area contributed by atoms with Gasteiger partial charge in [-0.1, -0.05) is 55.0 Å². The average molecular weight is 810 g/mol. The predicted molar refractivity (Wildman–Crippen MR) is 208 cm³/mol. The van der Waals surface area contributed by atoms with Gasteiger partial charge in [-0.25, -0.2) is 19.3 Å². The molecule has 19 heteroatoms. The minimum Gasteiger partial charge on any atom is -0.480 e. The minimum absolute atomic E-state index is 0.0139. The molecule has 2 amide bonds. The van der Waals surface area contributed by atoms with E-state index in [1.165, 1.54) is 24.3 Å². The van der Waals surface area contributed by atoms with Crippen molar-refractivity contribution in [2.75, 3.05) is 17.7 Å². The number of aromatic nitrogens is 4. The molecule has 1 unspecified atom stereocenters. The third kappa shape index (κ3) is 11.3. The summed E-state index contributed by atoms with van der Waals surface area (Å²) < 4.78 is 27.3. The number of H-pyrrole nitrogens is 1. The van der Waals surface area contributed by atoms with E-state index in [2.05, 4.69) is 35.1 Å². The number of nitrogens with one attached hydrogen (secondary N) is 3. The van der Waals surface area contributed by atoms with Crippen molar-refractivity contribution in [2.45, 2.75) is 45.3 Å². The Morgan fingerprint density at radius 1 is 0.948 bits per heavy atom. The number of carboxylic acid groups (broad SMARTS) is 1. The fourth-order valence-electron chi connectivity index (χ4n) is 5.50. The van der Waals surface area contributed by atoms with Crippen molar-refractivity contribution in [3.8, 4) is 12.5 Å². The standard InChI is InChI=1S/C39H36N7O11P/c1-3-55-58(54,56-4-2)57-22-24-11-9-23(10-12-24)19-32(48)29-8-6-5-7-26(29)20-28(47)17-18-30(38(52)53)44-35(49)25-13-15-27(16-14-25)42-36(50)31-21-41-34-33(43-31)37(51)46-39(40)45-34/h1,5-16,21,30H,4,17-20,22H2,2H3,(H,42,50)(H,44,49)(H,52,53)(H3,40,41,45,46,51)/t30-,58?/m0/s1. The molecule has 5 aromatic rings. The number of phosphoric ester groups is 1. The number of terminal acetylenes is 1. The fraction of sp³-hybridized carbons (Fsp3) is 0.205. The molecule has 0 fully saturated rings. The third-order valence-electron chi connectivity index (χ3n) is 8.32. The molecule has 298 valence electrons. The third-order valence-corrected chi connectivity index (χ3v) is 9.67. The number of carbonyl (C=O) groups is 5. The van der Waals surface area contributed by atoms with Gasteiger partial charge < -0.3 is 26.0 Å². The Labute approximate surface area is 330 Å². The van der Waals surface area contributed by atoms with Crippen LogP contribution >= 0.6 is 7.82 Å². The monoisotopic (exact) mass is 809 g/mol. The molecule has 3 aromatic carbocycles. The Kier molecular flexibility index (Phi) is 13.9. The second kappa shape index (κ2) is 19.2. The lowest BCUT2D eigenvalue weighted by Gasteiger charge is -2.15. The molecule has 0 spiro atoms. The van der Waals surface area contributed by atoms with E-state index in [-0.39, 0.29) is 84.5 Å². The number of hydrogen-bond acceptors (Lipinski definition) is 14. The van der Waals surface area contributed by atoms with Crippen LogP contribution in [0.15, 0.2) is 83.8 Å². The van der Waals surface area contributed by atoms with Crippen LogP contribution in [0, 0.1) is 12.5 Å². The van der Waals surface area contributed by atoms with Gasteiger partial charge >= 0.3 is 13.8 Å². The Morgan fingerprint density at radius 2 is 1.66 bits per heavy atom. The zero-order valence-electron chi connectivity index (χ0n) is 30.8. The number of fused-ring (bicyclic) bond motifs is 1. The number of benzene rings is 3. The van der Waals surface area contributed by atoms with Gasteiger partial charge in [0.25, 0.3) is 17.4 Å². The molecule has 6 N–H and O–H groups in total. The molecule has 0 aliphatic heterocycles. The number of nitrogens with two attached hydrogens (primary N) is 1. The van der Waals surface area contributed by atoms with Crippen LogP contribution < -0.4 is 21.9 Å². The largest absolute Gasteiger partial charge is 0.538 e.